The molecule has 2 aliphatic carbocycles. The first-order chi connectivity index (χ1) is 14.8. The third-order valence-electron chi connectivity index (χ3n) is 5.46. The quantitative estimate of drug-likeness (QED) is 0.489. The van der Waals surface area contributed by atoms with Gasteiger partial charge >= 0.3 is 6.16 Å². The van der Waals surface area contributed by atoms with E-state index in [1.54, 1.807) is 12.1 Å². The highest BCUT2D eigenvalue weighted by Crippen LogP contribution is 2.48. The Morgan fingerprint density at radius 3 is 2.48 bits per heavy atom. The smallest absolute Gasteiger partial charge is 0.450 e. The summed E-state index contributed by atoms with van der Waals surface area (Å²) in [6.45, 7) is 2.08. The van der Waals surface area contributed by atoms with E-state index in [0.717, 1.165) is 23.5 Å². The summed E-state index contributed by atoms with van der Waals surface area (Å²) in [5.74, 6) is 1.91. The Morgan fingerprint density at radius 2 is 1.84 bits per heavy atom. The fourth-order valence-electron chi connectivity index (χ4n) is 3.63. The Hall–Kier alpha value is -2.69. The van der Waals surface area contributed by atoms with Crippen molar-refractivity contribution in [3.8, 4) is 10.6 Å². The van der Waals surface area contributed by atoms with Gasteiger partial charge in [0.05, 0.1) is 4.88 Å². The Labute approximate surface area is 183 Å². The fourth-order valence-corrected chi connectivity index (χ4v) is 6.26. The summed E-state index contributed by atoms with van der Waals surface area (Å²) in [5.41, 5.74) is 1.89. The molecule has 164 valence electrons. The molecule has 2 fully saturated rings. The first-order valence-electron chi connectivity index (χ1n) is 9.82. The van der Waals surface area contributed by atoms with Gasteiger partial charge in [-0.25, -0.2) is 17.9 Å². The van der Waals surface area contributed by atoms with Crippen LogP contribution in [0.2, 0.25) is 0 Å². The largest absolute Gasteiger partial charge is 0.503 e. The summed E-state index contributed by atoms with van der Waals surface area (Å²) < 4.78 is 34.2. The van der Waals surface area contributed by atoms with Crippen LogP contribution < -0.4 is 4.72 Å². The van der Waals surface area contributed by atoms with Crippen LogP contribution in [0.3, 0.4) is 0 Å². The van der Waals surface area contributed by atoms with Gasteiger partial charge in [-0.05, 0) is 36.5 Å². The zero-order chi connectivity index (χ0) is 22.2. The lowest BCUT2D eigenvalue weighted by Gasteiger charge is -2.04. The van der Waals surface area contributed by atoms with Gasteiger partial charge in [0, 0.05) is 23.9 Å². The van der Waals surface area contributed by atoms with Crippen LogP contribution in [0.1, 0.15) is 42.9 Å². The summed E-state index contributed by atoms with van der Waals surface area (Å²) in [5, 5.41) is 18.0. The van der Waals surface area contributed by atoms with E-state index in [0.29, 0.717) is 21.7 Å². The first-order valence-corrected chi connectivity index (χ1v) is 12.1. The summed E-state index contributed by atoms with van der Waals surface area (Å²) in [6, 6.07) is 15.4. The minimum atomic E-state index is -3.55. The third kappa shape index (κ3) is 4.97. The molecular formula is C21H22N2O6S2. The first kappa shape index (κ1) is 21.5. The van der Waals surface area contributed by atoms with Crippen molar-refractivity contribution >= 4 is 27.5 Å². The minimum absolute atomic E-state index is 0.0588. The highest BCUT2D eigenvalue weighted by molar-refractivity contribution is 7.91. The number of nitrogens with zero attached hydrogens (tertiary/aromatic N) is 1. The molecule has 2 aromatic heterocycles. The van der Waals surface area contributed by atoms with Gasteiger partial charge in [-0.2, -0.15) is 0 Å². The number of thiophene rings is 1. The summed E-state index contributed by atoms with van der Waals surface area (Å²) in [7, 11) is -3.55. The second-order valence-electron chi connectivity index (χ2n) is 7.73. The molecule has 0 saturated heterocycles. The highest BCUT2D eigenvalue weighted by Gasteiger charge is 2.49. The van der Waals surface area contributed by atoms with Crippen LogP contribution in [0, 0.1) is 5.92 Å². The lowest BCUT2D eigenvalue weighted by atomic mass is 10.1. The lowest BCUT2D eigenvalue weighted by molar-refractivity contribution is 0.137. The van der Waals surface area contributed by atoms with Crippen LogP contribution in [0.4, 0.5) is 4.79 Å². The number of hydrogen-bond donors (Lipinski definition) is 3. The number of benzene rings is 1. The molecule has 1 aromatic carbocycles. The standard InChI is InChI=1S/C20H20N2O3S2.CH2O3/c1-12-19(14-5-3-2-4-6-14)20(12)22-27(23,24)18-10-9-17(26-18)15-11-16(25-21-15)13-7-8-13;2-1(3)4/h2-6,9-13,19-20,22H,7-8H2,1H3;(H2,2,3,4)/t12-,19-,20+;/m1./s1. The number of carboxylic acid groups (broad SMARTS) is 2. The molecule has 0 amide bonds. The van der Waals surface area contributed by atoms with Gasteiger partial charge in [0.2, 0.25) is 10.0 Å². The SMILES string of the molecule is C[C@H]1[C@H](NS(=O)(=O)c2ccc(-c3cc(C4CC4)on3)s2)[C@H]1c1ccccc1.O=C(O)O. The van der Waals surface area contributed by atoms with Gasteiger partial charge in [0.25, 0.3) is 0 Å². The molecule has 0 radical (unpaired) electrons. The van der Waals surface area contributed by atoms with Crippen LogP contribution >= 0.6 is 11.3 Å². The zero-order valence-electron chi connectivity index (χ0n) is 16.6. The third-order valence-corrected chi connectivity index (χ3v) is 8.52. The van der Waals surface area contributed by atoms with E-state index >= 15 is 0 Å². The van der Waals surface area contributed by atoms with E-state index in [1.165, 1.54) is 16.9 Å². The Bertz CT molecular complexity index is 1160. The molecule has 5 rings (SSSR count). The molecule has 10 heteroatoms. The van der Waals surface area contributed by atoms with Crippen LogP contribution in [0.5, 0.6) is 0 Å². The molecule has 0 aliphatic heterocycles. The molecule has 2 saturated carbocycles. The number of aromatic nitrogens is 1. The van der Waals surface area contributed by atoms with Gasteiger partial charge in [-0.15, -0.1) is 11.3 Å². The maximum Gasteiger partial charge on any atom is 0.503 e. The van der Waals surface area contributed by atoms with Crippen molar-refractivity contribution in [2.24, 2.45) is 5.92 Å². The Kier molecular flexibility index (Phi) is 5.87. The van der Waals surface area contributed by atoms with Crippen molar-refractivity contribution in [1.29, 1.82) is 0 Å². The van der Waals surface area contributed by atoms with Crippen molar-refractivity contribution < 1.29 is 27.9 Å². The summed E-state index contributed by atoms with van der Waals surface area (Å²) in [6.07, 6.45) is 0.454. The van der Waals surface area contributed by atoms with Crippen LogP contribution in [-0.2, 0) is 10.0 Å². The maximum absolute atomic E-state index is 12.8. The van der Waals surface area contributed by atoms with Gasteiger partial charge in [0.1, 0.15) is 15.7 Å². The number of nitrogens with one attached hydrogen (secondary N) is 1. The van der Waals surface area contributed by atoms with Crippen molar-refractivity contribution in [2.75, 3.05) is 0 Å². The molecule has 31 heavy (non-hydrogen) atoms. The van der Waals surface area contributed by atoms with E-state index in [-0.39, 0.29) is 12.0 Å². The molecule has 0 spiro atoms. The fraction of sp³-hybridized carbons (Fsp3) is 0.333. The van der Waals surface area contributed by atoms with Gasteiger partial charge in [0.15, 0.2) is 0 Å². The molecule has 3 aromatic rings. The van der Waals surface area contributed by atoms with Crippen LogP contribution in [0.15, 0.2) is 57.3 Å². The maximum atomic E-state index is 12.8. The molecular weight excluding hydrogens is 440 g/mol. The van der Waals surface area contributed by atoms with Gasteiger partial charge in [-0.3, -0.25) is 0 Å². The molecule has 0 unspecified atom stereocenters. The molecule has 3 N–H and O–H groups in total. The van der Waals surface area contributed by atoms with E-state index in [9.17, 15) is 8.42 Å². The Balaban J connectivity index is 0.000000535. The average Bonchev–Trinajstić information content (AvgIpc) is 3.51. The minimum Gasteiger partial charge on any atom is -0.450 e. The summed E-state index contributed by atoms with van der Waals surface area (Å²) in [4.78, 5) is 9.37. The molecule has 3 atom stereocenters. The lowest BCUT2D eigenvalue weighted by Crippen LogP contribution is -2.27. The zero-order valence-corrected chi connectivity index (χ0v) is 18.3. The van der Waals surface area contributed by atoms with Gasteiger partial charge in [-0.1, -0.05) is 42.4 Å². The monoisotopic (exact) mass is 462 g/mol. The highest BCUT2D eigenvalue weighted by atomic mass is 32.2. The number of hydrogen-bond acceptors (Lipinski definition) is 6. The van der Waals surface area contributed by atoms with Crippen LogP contribution in [-0.4, -0.2) is 36.0 Å². The van der Waals surface area contributed by atoms with Crippen molar-refractivity contribution in [3.05, 3.63) is 59.9 Å². The molecule has 2 heterocycles. The molecule has 8 nitrogen and oxygen atoms in total. The predicted octanol–water partition coefficient (Wildman–Crippen LogP) is 4.58. The Morgan fingerprint density at radius 1 is 1.16 bits per heavy atom. The summed E-state index contributed by atoms with van der Waals surface area (Å²) >= 11 is 1.23. The van der Waals surface area contributed by atoms with Gasteiger partial charge < -0.3 is 14.7 Å². The van der Waals surface area contributed by atoms with Crippen LogP contribution in [0.25, 0.3) is 10.6 Å². The van der Waals surface area contributed by atoms with Crippen molar-refractivity contribution in [2.45, 2.75) is 41.9 Å². The second kappa shape index (κ2) is 8.45. The average molecular weight is 463 g/mol. The van der Waals surface area contributed by atoms with E-state index in [1.807, 2.05) is 24.3 Å². The van der Waals surface area contributed by atoms with E-state index < -0.39 is 16.2 Å². The second-order valence-corrected chi connectivity index (χ2v) is 10.8. The van der Waals surface area contributed by atoms with Crippen molar-refractivity contribution in [3.63, 3.8) is 0 Å². The number of carbonyl (C=O) groups is 1. The topological polar surface area (TPSA) is 130 Å². The number of sulfonamides is 1. The normalized spacial score (nSPS) is 22.4. The predicted molar refractivity (Wildman–Crippen MR) is 115 cm³/mol. The van der Waals surface area contributed by atoms with Crippen molar-refractivity contribution in [1.82, 2.24) is 9.88 Å². The molecule has 2 aliphatic rings. The number of rotatable bonds is 6. The molecule has 0 bridgehead atoms. The van der Waals surface area contributed by atoms with E-state index in [2.05, 4.69) is 28.9 Å². The van der Waals surface area contributed by atoms with E-state index in [4.69, 9.17) is 19.5 Å².